The van der Waals surface area contributed by atoms with Crippen molar-refractivity contribution in [2.75, 3.05) is 17.7 Å². The molecule has 5 rings (SSSR count). The van der Waals surface area contributed by atoms with Gasteiger partial charge in [0.2, 0.25) is 0 Å². The first-order valence-corrected chi connectivity index (χ1v) is 10.6. The lowest BCUT2D eigenvalue weighted by molar-refractivity contribution is 0.0996. The zero-order chi connectivity index (χ0) is 22.2. The van der Waals surface area contributed by atoms with Gasteiger partial charge >= 0.3 is 0 Å². The van der Waals surface area contributed by atoms with Gasteiger partial charge in [-0.05, 0) is 42.7 Å². The van der Waals surface area contributed by atoms with Crippen molar-refractivity contribution in [1.82, 2.24) is 19.5 Å². The highest BCUT2D eigenvalue weighted by atomic mass is 16.3. The van der Waals surface area contributed by atoms with E-state index in [1.165, 1.54) is 0 Å². The number of fused-ring (bicyclic) bond motifs is 2. The normalized spacial score (nSPS) is 15.4. The van der Waals surface area contributed by atoms with E-state index in [1.807, 2.05) is 44.4 Å². The summed E-state index contributed by atoms with van der Waals surface area (Å²) in [5, 5.41) is 16.9. The van der Waals surface area contributed by atoms with Crippen LogP contribution in [0.25, 0.3) is 22.0 Å². The molecule has 32 heavy (non-hydrogen) atoms. The van der Waals surface area contributed by atoms with Crippen LogP contribution >= 0.6 is 0 Å². The van der Waals surface area contributed by atoms with Crippen molar-refractivity contribution in [3.63, 3.8) is 0 Å². The van der Waals surface area contributed by atoms with Crippen molar-refractivity contribution in [2.24, 2.45) is 0 Å². The van der Waals surface area contributed by atoms with E-state index in [4.69, 9.17) is 0 Å². The first-order valence-electron chi connectivity index (χ1n) is 10.6. The van der Waals surface area contributed by atoms with Crippen LogP contribution in [0.5, 0.6) is 0 Å². The molecule has 8 nitrogen and oxygen atoms in total. The smallest absolute Gasteiger partial charge is 0.273 e. The second-order valence-corrected chi connectivity index (χ2v) is 8.08. The molecular formula is C24H24N6O2. The SMILES string of the molecule is CNc1cc2ncc(-c3cc(NC(=O)c4cnc5n4CC(O)CC5)ccc3C)cc2cn1. The van der Waals surface area contributed by atoms with Gasteiger partial charge in [0.15, 0.2) is 0 Å². The topological polar surface area (TPSA) is 105 Å². The molecule has 3 N–H and O–H groups in total. The molecule has 0 aliphatic carbocycles. The Morgan fingerprint density at radius 2 is 2.00 bits per heavy atom. The van der Waals surface area contributed by atoms with Crippen molar-refractivity contribution in [3.8, 4) is 11.1 Å². The van der Waals surface area contributed by atoms with E-state index in [0.29, 0.717) is 30.8 Å². The van der Waals surface area contributed by atoms with E-state index < -0.39 is 6.10 Å². The van der Waals surface area contributed by atoms with E-state index in [2.05, 4.69) is 31.7 Å². The Kier molecular flexibility index (Phi) is 5.07. The van der Waals surface area contributed by atoms with Gasteiger partial charge in [0.1, 0.15) is 17.3 Å². The van der Waals surface area contributed by atoms with Gasteiger partial charge in [0.25, 0.3) is 5.91 Å². The minimum atomic E-state index is -0.451. The molecule has 1 aliphatic rings. The molecule has 4 aromatic rings. The van der Waals surface area contributed by atoms with Crippen LogP contribution in [0.2, 0.25) is 0 Å². The Hall–Kier alpha value is -3.78. The van der Waals surface area contributed by atoms with Gasteiger partial charge in [-0.1, -0.05) is 6.07 Å². The lowest BCUT2D eigenvalue weighted by Crippen LogP contribution is -2.28. The average Bonchev–Trinajstić information content (AvgIpc) is 3.22. The maximum absolute atomic E-state index is 12.9. The largest absolute Gasteiger partial charge is 0.391 e. The number of imidazole rings is 1. The van der Waals surface area contributed by atoms with Crippen molar-refractivity contribution in [2.45, 2.75) is 32.4 Å². The number of carbonyl (C=O) groups excluding carboxylic acids is 1. The predicted molar refractivity (Wildman–Crippen MR) is 124 cm³/mol. The first-order chi connectivity index (χ1) is 15.5. The van der Waals surface area contributed by atoms with E-state index in [9.17, 15) is 9.90 Å². The fraction of sp³-hybridized carbons (Fsp3) is 0.250. The third-order valence-corrected chi connectivity index (χ3v) is 5.89. The van der Waals surface area contributed by atoms with E-state index in [0.717, 1.165) is 39.2 Å². The molecule has 1 aliphatic heterocycles. The number of anilines is 2. The maximum atomic E-state index is 12.9. The molecule has 0 fully saturated rings. The zero-order valence-electron chi connectivity index (χ0n) is 18.0. The minimum absolute atomic E-state index is 0.243. The number of pyridine rings is 2. The standard InChI is InChI=1S/C24H24N6O2/c1-14-3-4-17(29-24(32)21-12-28-23-6-5-18(31)13-30(21)23)8-19(14)15-7-16-11-27-22(25-2)9-20(16)26-10-15/h3-4,7-12,18,31H,5-6,13H2,1-2H3,(H,25,27)(H,29,32). The molecule has 0 saturated heterocycles. The predicted octanol–water partition coefficient (Wildman–Crippen LogP) is 3.40. The molecule has 1 atom stereocenters. The molecule has 0 spiro atoms. The van der Waals surface area contributed by atoms with Gasteiger partial charge in [-0.25, -0.2) is 9.97 Å². The Morgan fingerprint density at radius 1 is 1.12 bits per heavy atom. The van der Waals surface area contributed by atoms with Crippen molar-refractivity contribution in [3.05, 3.63) is 66.0 Å². The maximum Gasteiger partial charge on any atom is 0.273 e. The van der Waals surface area contributed by atoms with Crippen LogP contribution in [-0.2, 0) is 13.0 Å². The second-order valence-electron chi connectivity index (χ2n) is 8.08. The number of aromatic nitrogens is 4. The highest BCUT2D eigenvalue weighted by molar-refractivity contribution is 6.03. The number of nitrogens with zero attached hydrogens (tertiary/aromatic N) is 4. The summed E-state index contributed by atoms with van der Waals surface area (Å²) in [4.78, 5) is 26.3. The molecule has 1 aromatic carbocycles. The van der Waals surface area contributed by atoms with Crippen LogP contribution in [0.4, 0.5) is 11.5 Å². The Bertz CT molecular complexity index is 1330. The molecular weight excluding hydrogens is 404 g/mol. The summed E-state index contributed by atoms with van der Waals surface area (Å²) in [5.74, 6) is 1.36. The summed E-state index contributed by atoms with van der Waals surface area (Å²) in [5.41, 5.74) is 5.03. The van der Waals surface area contributed by atoms with Crippen LogP contribution < -0.4 is 10.6 Å². The summed E-state index contributed by atoms with van der Waals surface area (Å²) < 4.78 is 1.80. The fourth-order valence-electron chi connectivity index (χ4n) is 4.11. The third-order valence-electron chi connectivity index (χ3n) is 5.89. The monoisotopic (exact) mass is 428 g/mol. The molecule has 162 valence electrons. The van der Waals surface area contributed by atoms with Gasteiger partial charge < -0.3 is 20.3 Å². The van der Waals surface area contributed by atoms with Gasteiger partial charge in [-0.3, -0.25) is 9.78 Å². The fourth-order valence-corrected chi connectivity index (χ4v) is 4.11. The van der Waals surface area contributed by atoms with Gasteiger partial charge in [0.05, 0.1) is 24.4 Å². The Labute approximate surface area is 185 Å². The molecule has 4 heterocycles. The van der Waals surface area contributed by atoms with Crippen LogP contribution in [0.15, 0.2) is 48.9 Å². The van der Waals surface area contributed by atoms with Crippen LogP contribution in [0.1, 0.15) is 28.3 Å². The van der Waals surface area contributed by atoms with Crippen molar-refractivity contribution in [1.29, 1.82) is 0 Å². The molecule has 0 bridgehead atoms. The molecule has 1 unspecified atom stereocenters. The number of aryl methyl sites for hydroxylation is 2. The Balaban J connectivity index is 1.44. The first kappa shape index (κ1) is 20.1. The van der Waals surface area contributed by atoms with Crippen LogP contribution in [0, 0.1) is 6.92 Å². The number of hydrogen-bond donors (Lipinski definition) is 3. The molecule has 1 amide bonds. The molecule has 0 radical (unpaired) electrons. The summed E-state index contributed by atoms with van der Waals surface area (Å²) in [6.45, 7) is 2.42. The van der Waals surface area contributed by atoms with Crippen LogP contribution in [-0.4, -0.2) is 43.7 Å². The number of rotatable bonds is 4. The number of hydrogen-bond acceptors (Lipinski definition) is 6. The molecule has 3 aromatic heterocycles. The Morgan fingerprint density at radius 3 is 2.84 bits per heavy atom. The quantitative estimate of drug-likeness (QED) is 0.460. The summed E-state index contributed by atoms with van der Waals surface area (Å²) >= 11 is 0. The number of benzene rings is 1. The number of amides is 1. The number of aliphatic hydroxyl groups is 1. The van der Waals surface area contributed by atoms with Crippen LogP contribution in [0.3, 0.4) is 0 Å². The number of carbonyl (C=O) groups is 1. The molecule has 0 saturated carbocycles. The second kappa shape index (κ2) is 8.05. The van der Waals surface area contributed by atoms with Crippen molar-refractivity contribution >= 4 is 28.3 Å². The molecule has 8 heteroatoms. The number of nitrogens with one attached hydrogen (secondary N) is 2. The summed E-state index contributed by atoms with van der Waals surface area (Å²) in [6, 6.07) is 9.78. The van der Waals surface area contributed by atoms with Gasteiger partial charge in [0, 0.05) is 48.6 Å². The highest BCUT2D eigenvalue weighted by Gasteiger charge is 2.23. The lowest BCUT2D eigenvalue weighted by Gasteiger charge is -2.21. The summed E-state index contributed by atoms with van der Waals surface area (Å²) in [6.07, 6.45) is 6.11. The number of aliphatic hydroxyl groups excluding tert-OH is 1. The lowest BCUT2D eigenvalue weighted by atomic mass is 10.00. The third kappa shape index (κ3) is 3.69. The van der Waals surface area contributed by atoms with E-state index in [-0.39, 0.29) is 5.91 Å². The van der Waals surface area contributed by atoms with E-state index in [1.54, 1.807) is 17.0 Å². The average molecular weight is 428 g/mol. The minimum Gasteiger partial charge on any atom is -0.391 e. The zero-order valence-corrected chi connectivity index (χ0v) is 18.0. The van der Waals surface area contributed by atoms with Gasteiger partial charge in [-0.15, -0.1) is 0 Å². The highest BCUT2D eigenvalue weighted by Crippen LogP contribution is 2.29. The van der Waals surface area contributed by atoms with Crippen molar-refractivity contribution < 1.29 is 9.90 Å². The summed E-state index contributed by atoms with van der Waals surface area (Å²) in [7, 11) is 1.83. The van der Waals surface area contributed by atoms with E-state index >= 15 is 0 Å². The van der Waals surface area contributed by atoms with Gasteiger partial charge in [-0.2, -0.15) is 0 Å².